The Hall–Kier alpha value is -1.49. The molecular weight excluding hydrogens is 262 g/mol. The van der Waals surface area contributed by atoms with Crippen LogP contribution in [0.15, 0.2) is 29.2 Å². The van der Waals surface area contributed by atoms with Gasteiger partial charge in [0, 0.05) is 23.9 Å². The van der Waals surface area contributed by atoms with Crippen LogP contribution in [0.5, 0.6) is 0 Å². The second-order valence-corrected chi connectivity index (χ2v) is 5.33. The van der Waals surface area contributed by atoms with E-state index in [2.05, 4.69) is 5.32 Å². The Kier molecular flexibility index (Phi) is 7.03. The van der Waals surface area contributed by atoms with Gasteiger partial charge in [0.1, 0.15) is 0 Å². The molecule has 1 aromatic rings. The third-order valence-corrected chi connectivity index (χ3v) is 3.71. The lowest BCUT2D eigenvalue weighted by atomic mass is 10.2. The first kappa shape index (κ1) is 15.6. The van der Waals surface area contributed by atoms with Crippen LogP contribution in [-0.4, -0.2) is 29.8 Å². The Labute approximate surface area is 117 Å². The van der Waals surface area contributed by atoms with Gasteiger partial charge in [-0.2, -0.15) is 0 Å². The molecule has 0 bridgehead atoms. The third-order valence-electron chi connectivity index (χ3n) is 2.63. The highest BCUT2D eigenvalue weighted by molar-refractivity contribution is 7.99. The van der Waals surface area contributed by atoms with Crippen LogP contribution in [0.4, 0.5) is 0 Å². The summed E-state index contributed by atoms with van der Waals surface area (Å²) < 4.78 is 0. The van der Waals surface area contributed by atoms with Gasteiger partial charge in [-0.25, -0.2) is 0 Å². The molecule has 2 N–H and O–H groups in total. The van der Waals surface area contributed by atoms with E-state index in [0.717, 1.165) is 29.9 Å². The maximum absolute atomic E-state index is 11.5. The van der Waals surface area contributed by atoms with Crippen LogP contribution in [-0.2, 0) is 4.79 Å². The molecule has 19 heavy (non-hydrogen) atoms. The van der Waals surface area contributed by atoms with Gasteiger partial charge in [-0.05, 0) is 36.8 Å². The number of carbonyl (C=O) groups excluding carboxylic acids is 1. The van der Waals surface area contributed by atoms with E-state index in [4.69, 9.17) is 5.11 Å². The Morgan fingerprint density at radius 3 is 2.74 bits per heavy atom. The van der Waals surface area contributed by atoms with E-state index in [1.165, 1.54) is 0 Å². The van der Waals surface area contributed by atoms with Gasteiger partial charge in [-0.15, -0.1) is 11.8 Å². The molecular formula is C14H19NO3S. The van der Waals surface area contributed by atoms with Crippen molar-refractivity contribution in [3.8, 4) is 0 Å². The number of rotatable bonds is 8. The third kappa shape index (κ3) is 6.29. The Morgan fingerprint density at radius 1 is 1.26 bits per heavy atom. The molecule has 0 radical (unpaired) electrons. The molecule has 0 saturated carbocycles. The molecule has 104 valence electrons. The van der Waals surface area contributed by atoms with Crippen molar-refractivity contribution in [1.29, 1.82) is 0 Å². The summed E-state index contributed by atoms with van der Waals surface area (Å²) in [6, 6.07) is 7.52. The van der Waals surface area contributed by atoms with Crippen LogP contribution in [0.2, 0.25) is 0 Å². The molecule has 1 rings (SSSR count). The molecule has 0 aromatic heterocycles. The van der Waals surface area contributed by atoms with E-state index < -0.39 is 5.97 Å². The van der Waals surface area contributed by atoms with E-state index in [-0.39, 0.29) is 12.3 Å². The number of carbonyl (C=O) groups is 2. The number of nitrogens with one attached hydrogen (secondary N) is 1. The van der Waals surface area contributed by atoms with E-state index in [1.54, 1.807) is 24.9 Å². The number of thioether (sulfide) groups is 1. The zero-order valence-corrected chi connectivity index (χ0v) is 11.8. The minimum atomic E-state index is -0.731. The minimum Gasteiger partial charge on any atom is -0.481 e. The van der Waals surface area contributed by atoms with Gasteiger partial charge < -0.3 is 10.4 Å². The molecule has 5 heteroatoms. The highest BCUT2D eigenvalue weighted by atomic mass is 32.2. The van der Waals surface area contributed by atoms with Gasteiger partial charge in [0.2, 0.25) is 0 Å². The topological polar surface area (TPSA) is 66.4 Å². The molecule has 0 fully saturated rings. The van der Waals surface area contributed by atoms with Crippen molar-refractivity contribution in [1.82, 2.24) is 5.32 Å². The first-order chi connectivity index (χ1) is 9.13. The van der Waals surface area contributed by atoms with Crippen molar-refractivity contribution in [2.75, 3.05) is 12.8 Å². The van der Waals surface area contributed by atoms with Crippen molar-refractivity contribution >= 4 is 23.6 Å². The van der Waals surface area contributed by atoms with Gasteiger partial charge in [-0.3, -0.25) is 9.59 Å². The molecule has 1 amide bonds. The SMILES string of the molecule is CNC(=O)c1cccc(SCCCCCC(=O)O)c1. The lowest BCUT2D eigenvalue weighted by molar-refractivity contribution is -0.137. The van der Waals surface area contributed by atoms with Crippen molar-refractivity contribution in [2.24, 2.45) is 0 Å². The molecule has 4 nitrogen and oxygen atoms in total. The van der Waals surface area contributed by atoms with Gasteiger partial charge >= 0.3 is 5.97 Å². The van der Waals surface area contributed by atoms with Gasteiger partial charge in [-0.1, -0.05) is 12.5 Å². The van der Waals surface area contributed by atoms with Crippen LogP contribution in [0.3, 0.4) is 0 Å². The summed E-state index contributed by atoms with van der Waals surface area (Å²) in [5.74, 6) is 0.131. The molecule has 0 aliphatic heterocycles. The van der Waals surface area contributed by atoms with Gasteiger partial charge in [0.05, 0.1) is 0 Å². The Bertz CT molecular complexity index is 434. The molecule has 0 unspecified atom stereocenters. The molecule has 0 spiro atoms. The standard InChI is InChI=1S/C14H19NO3S/c1-15-14(18)11-6-5-7-12(10-11)19-9-4-2-3-8-13(16)17/h5-7,10H,2-4,8-9H2,1H3,(H,15,18)(H,16,17). The maximum Gasteiger partial charge on any atom is 0.303 e. The summed E-state index contributed by atoms with van der Waals surface area (Å²) in [6.07, 6.45) is 2.89. The number of hydrogen-bond acceptors (Lipinski definition) is 3. The average Bonchev–Trinajstić information content (AvgIpc) is 2.41. The summed E-state index contributed by atoms with van der Waals surface area (Å²) in [7, 11) is 1.62. The van der Waals surface area contributed by atoms with Gasteiger partial charge in [0.15, 0.2) is 0 Å². The second kappa shape index (κ2) is 8.58. The summed E-state index contributed by atoms with van der Waals surface area (Å²) in [6.45, 7) is 0. The average molecular weight is 281 g/mol. The molecule has 0 heterocycles. The summed E-state index contributed by atoms with van der Waals surface area (Å²) in [5.41, 5.74) is 0.665. The zero-order chi connectivity index (χ0) is 14.1. The maximum atomic E-state index is 11.5. The monoisotopic (exact) mass is 281 g/mol. The fourth-order valence-corrected chi connectivity index (χ4v) is 2.59. The predicted molar refractivity (Wildman–Crippen MR) is 76.7 cm³/mol. The highest BCUT2D eigenvalue weighted by Gasteiger charge is 2.03. The van der Waals surface area contributed by atoms with E-state index in [0.29, 0.717) is 5.56 Å². The summed E-state index contributed by atoms with van der Waals surface area (Å²) in [4.78, 5) is 22.9. The smallest absolute Gasteiger partial charge is 0.303 e. The molecule has 0 saturated heterocycles. The fourth-order valence-electron chi connectivity index (χ4n) is 1.62. The second-order valence-electron chi connectivity index (χ2n) is 4.16. The Balaban J connectivity index is 2.29. The molecule has 0 atom stereocenters. The number of carboxylic acid groups (broad SMARTS) is 1. The number of hydrogen-bond donors (Lipinski definition) is 2. The van der Waals surface area contributed by atoms with Gasteiger partial charge in [0.25, 0.3) is 5.91 Å². The van der Waals surface area contributed by atoms with Crippen LogP contribution in [0.1, 0.15) is 36.0 Å². The molecule has 0 aliphatic rings. The molecule has 0 aliphatic carbocycles. The van der Waals surface area contributed by atoms with Crippen LogP contribution < -0.4 is 5.32 Å². The fraction of sp³-hybridized carbons (Fsp3) is 0.429. The summed E-state index contributed by atoms with van der Waals surface area (Å²) in [5, 5.41) is 11.1. The van der Waals surface area contributed by atoms with E-state index in [1.807, 2.05) is 18.2 Å². The number of aliphatic carboxylic acids is 1. The number of amides is 1. The minimum absolute atomic E-state index is 0.0797. The van der Waals surface area contributed by atoms with Crippen molar-refractivity contribution < 1.29 is 14.7 Å². The molecule has 1 aromatic carbocycles. The lowest BCUT2D eigenvalue weighted by Gasteiger charge is -2.04. The largest absolute Gasteiger partial charge is 0.481 e. The van der Waals surface area contributed by atoms with E-state index in [9.17, 15) is 9.59 Å². The van der Waals surface area contributed by atoms with Crippen LogP contribution in [0.25, 0.3) is 0 Å². The lowest BCUT2D eigenvalue weighted by Crippen LogP contribution is -2.17. The normalized spacial score (nSPS) is 10.2. The predicted octanol–water partition coefficient (Wildman–Crippen LogP) is 2.78. The van der Waals surface area contributed by atoms with Crippen LogP contribution in [0, 0.1) is 0 Å². The van der Waals surface area contributed by atoms with Crippen molar-refractivity contribution in [3.05, 3.63) is 29.8 Å². The van der Waals surface area contributed by atoms with Crippen LogP contribution >= 0.6 is 11.8 Å². The number of benzene rings is 1. The Morgan fingerprint density at radius 2 is 2.05 bits per heavy atom. The quantitative estimate of drug-likeness (QED) is 0.568. The van der Waals surface area contributed by atoms with Crippen molar-refractivity contribution in [2.45, 2.75) is 30.6 Å². The number of unbranched alkanes of at least 4 members (excludes halogenated alkanes) is 2. The first-order valence-electron chi connectivity index (χ1n) is 6.30. The first-order valence-corrected chi connectivity index (χ1v) is 7.29. The number of carboxylic acids is 1. The zero-order valence-electron chi connectivity index (χ0n) is 11.0. The van der Waals surface area contributed by atoms with Crippen molar-refractivity contribution in [3.63, 3.8) is 0 Å². The summed E-state index contributed by atoms with van der Waals surface area (Å²) >= 11 is 1.69. The highest BCUT2D eigenvalue weighted by Crippen LogP contribution is 2.21. The van der Waals surface area contributed by atoms with E-state index >= 15 is 0 Å².